The summed E-state index contributed by atoms with van der Waals surface area (Å²) in [5, 5.41) is 9.42. The maximum atomic E-state index is 13.8. The highest BCUT2D eigenvalue weighted by Gasteiger charge is 2.35. The summed E-state index contributed by atoms with van der Waals surface area (Å²) < 4.78 is 13.8. The van der Waals surface area contributed by atoms with Gasteiger partial charge in [-0.3, -0.25) is 4.79 Å². The Morgan fingerprint density at radius 3 is 2.75 bits per heavy atom. The number of carbonyl (C=O) groups is 2. The first-order valence-electron chi connectivity index (χ1n) is 6.39. The summed E-state index contributed by atoms with van der Waals surface area (Å²) in [6.07, 6.45) is 1.10. The molecule has 1 saturated heterocycles. The van der Waals surface area contributed by atoms with Gasteiger partial charge in [0.15, 0.2) is 0 Å². The van der Waals surface area contributed by atoms with E-state index in [4.69, 9.17) is 11.6 Å². The highest BCUT2D eigenvalue weighted by Crippen LogP contribution is 2.25. The summed E-state index contributed by atoms with van der Waals surface area (Å²) in [7, 11) is 0. The van der Waals surface area contributed by atoms with Crippen LogP contribution in [0.15, 0.2) is 18.2 Å². The van der Waals surface area contributed by atoms with E-state index in [9.17, 15) is 19.1 Å². The second-order valence-electron chi connectivity index (χ2n) is 5.11. The van der Waals surface area contributed by atoms with Crippen LogP contribution in [0.1, 0.15) is 30.1 Å². The van der Waals surface area contributed by atoms with Crippen LogP contribution in [0, 0.1) is 11.7 Å². The van der Waals surface area contributed by atoms with Gasteiger partial charge < -0.3 is 10.0 Å². The molecule has 1 aliphatic rings. The Hall–Kier alpha value is -1.62. The van der Waals surface area contributed by atoms with Crippen LogP contribution in [0.5, 0.6) is 0 Å². The molecule has 2 unspecified atom stereocenters. The molecule has 108 valence electrons. The lowest BCUT2D eigenvalue weighted by Gasteiger charge is -2.36. The summed E-state index contributed by atoms with van der Waals surface area (Å²) in [6.45, 7) is 2.26. The Bertz CT molecular complexity index is 549. The van der Waals surface area contributed by atoms with Crippen molar-refractivity contribution in [1.82, 2.24) is 4.90 Å². The maximum absolute atomic E-state index is 13.8. The number of amides is 1. The van der Waals surface area contributed by atoms with Gasteiger partial charge >= 0.3 is 5.97 Å². The van der Waals surface area contributed by atoms with E-state index in [1.54, 1.807) is 0 Å². The zero-order chi connectivity index (χ0) is 14.9. The van der Waals surface area contributed by atoms with Crippen LogP contribution in [-0.4, -0.2) is 34.5 Å². The van der Waals surface area contributed by atoms with Gasteiger partial charge in [0.2, 0.25) is 0 Å². The Kier molecular flexibility index (Phi) is 4.28. The van der Waals surface area contributed by atoms with Gasteiger partial charge in [-0.15, -0.1) is 0 Å². The van der Waals surface area contributed by atoms with Crippen molar-refractivity contribution in [2.75, 3.05) is 6.54 Å². The fourth-order valence-electron chi connectivity index (χ4n) is 2.44. The Labute approximate surface area is 121 Å². The summed E-state index contributed by atoms with van der Waals surface area (Å²) in [6, 6.07) is 2.86. The summed E-state index contributed by atoms with van der Waals surface area (Å²) in [4.78, 5) is 24.8. The van der Waals surface area contributed by atoms with Gasteiger partial charge in [-0.2, -0.15) is 0 Å². The van der Waals surface area contributed by atoms with Gasteiger partial charge in [0.1, 0.15) is 11.9 Å². The van der Waals surface area contributed by atoms with Crippen molar-refractivity contribution in [2.45, 2.75) is 25.8 Å². The molecule has 1 fully saturated rings. The molecular formula is C14H15ClFNO3. The topological polar surface area (TPSA) is 57.6 Å². The van der Waals surface area contributed by atoms with Crippen molar-refractivity contribution in [3.05, 3.63) is 34.6 Å². The van der Waals surface area contributed by atoms with Gasteiger partial charge in [-0.25, -0.2) is 9.18 Å². The SMILES string of the molecule is CC1CCN(C(=O)c2ccc(Cl)cc2F)C(C(=O)O)C1. The number of carboxylic acids is 1. The van der Waals surface area contributed by atoms with Crippen LogP contribution >= 0.6 is 11.6 Å². The van der Waals surface area contributed by atoms with Crippen molar-refractivity contribution < 1.29 is 19.1 Å². The van der Waals surface area contributed by atoms with Crippen molar-refractivity contribution >= 4 is 23.5 Å². The minimum Gasteiger partial charge on any atom is -0.480 e. The minimum absolute atomic E-state index is 0.143. The highest BCUT2D eigenvalue weighted by molar-refractivity contribution is 6.30. The number of hydrogen-bond donors (Lipinski definition) is 1. The number of halogens is 2. The fraction of sp³-hybridized carbons (Fsp3) is 0.429. The Morgan fingerprint density at radius 2 is 2.15 bits per heavy atom. The number of piperidine rings is 1. The zero-order valence-corrected chi connectivity index (χ0v) is 11.7. The van der Waals surface area contributed by atoms with Crippen molar-refractivity contribution in [2.24, 2.45) is 5.92 Å². The number of carbonyl (C=O) groups excluding carboxylic acids is 1. The number of aliphatic carboxylic acids is 1. The van der Waals surface area contributed by atoms with E-state index in [0.29, 0.717) is 19.4 Å². The van der Waals surface area contributed by atoms with Crippen LogP contribution in [0.4, 0.5) is 4.39 Å². The van der Waals surface area contributed by atoms with E-state index in [-0.39, 0.29) is 16.5 Å². The Balaban J connectivity index is 2.28. The van der Waals surface area contributed by atoms with E-state index in [0.717, 1.165) is 6.07 Å². The first-order chi connectivity index (χ1) is 9.40. The summed E-state index contributed by atoms with van der Waals surface area (Å²) in [5.41, 5.74) is -0.143. The number of benzene rings is 1. The predicted molar refractivity (Wildman–Crippen MR) is 72.3 cm³/mol. The quantitative estimate of drug-likeness (QED) is 0.913. The molecule has 4 nitrogen and oxygen atoms in total. The smallest absolute Gasteiger partial charge is 0.326 e. The van der Waals surface area contributed by atoms with E-state index in [2.05, 4.69) is 0 Å². The maximum Gasteiger partial charge on any atom is 0.326 e. The average molecular weight is 300 g/mol. The first kappa shape index (κ1) is 14.8. The molecule has 1 aliphatic heterocycles. The van der Waals surface area contributed by atoms with Gasteiger partial charge in [0.05, 0.1) is 5.56 Å². The number of hydrogen-bond acceptors (Lipinski definition) is 2. The molecule has 1 heterocycles. The third-order valence-corrected chi connectivity index (χ3v) is 3.81. The van der Waals surface area contributed by atoms with Gasteiger partial charge in [0.25, 0.3) is 5.91 Å². The molecule has 2 atom stereocenters. The molecule has 0 aromatic heterocycles. The van der Waals surface area contributed by atoms with Crippen LogP contribution in [0.3, 0.4) is 0 Å². The second kappa shape index (κ2) is 5.79. The molecule has 2 rings (SSSR count). The van der Waals surface area contributed by atoms with E-state index < -0.39 is 23.7 Å². The molecule has 1 N–H and O–H groups in total. The molecule has 0 spiro atoms. The van der Waals surface area contributed by atoms with Crippen molar-refractivity contribution in [1.29, 1.82) is 0 Å². The van der Waals surface area contributed by atoms with Gasteiger partial charge in [-0.05, 0) is 37.0 Å². The van der Waals surface area contributed by atoms with Crippen LogP contribution in [-0.2, 0) is 4.79 Å². The lowest BCUT2D eigenvalue weighted by Crippen LogP contribution is -2.50. The third-order valence-electron chi connectivity index (χ3n) is 3.57. The normalized spacial score (nSPS) is 22.6. The van der Waals surface area contributed by atoms with E-state index in [1.165, 1.54) is 17.0 Å². The van der Waals surface area contributed by atoms with Crippen molar-refractivity contribution in [3.63, 3.8) is 0 Å². The second-order valence-corrected chi connectivity index (χ2v) is 5.54. The lowest BCUT2D eigenvalue weighted by atomic mass is 9.92. The molecule has 6 heteroatoms. The Morgan fingerprint density at radius 1 is 1.45 bits per heavy atom. The van der Waals surface area contributed by atoms with Gasteiger partial charge in [-0.1, -0.05) is 18.5 Å². The molecule has 1 amide bonds. The third kappa shape index (κ3) is 2.93. The number of carboxylic acid groups (broad SMARTS) is 1. The van der Waals surface area contributed by atoms with Crippen LogP contribution in [0.25, 0.3) is 0 Å². The zero-order valence-electron chi connectivity index (χ0n) is 11.0. The molecule has 20 heavy (non-hydrogen) atoms. The van der Waals surface area contributed by atoms with E-state index in [1.807, 2.05) is 6.92 Å². The predicted octanol–water partition coefficient (Wildman–Crippen LogP) is 2.80. The summed E-state index contributed by atoms with van der Waals surface area (Å²) >= 11 is 5.65. The number of nitrogens with zero attached hydrogens (tertiary/aromatic N) is 1. The van der Waals surface area contributed by atoms with Gasteiger partial charge in [0, 0.05) is 11.6 Å². The molecule has 1 aromatic rings. The molecule has 0 saturated carbocycles. The number of rotatable bonds is 2. The minimum atomic E-state index is -1.06. The first-order valence-corrected chi connectivity index (χ1v) is 6.76. The van der Waals surface area contributed by atoms with Crippen LogP contribution in [0.2, 0.25) is 5.02 Å². The lowest BCUT2D eigenvalue weighted by molar-refractivity contribution is -0.144. The van der Waals surface area contributed by atoms with Crippen LogP contribution < -0.4 is 0 Å². The van der Waals surface area contributed by atoms with Crippen molar-refractivity contribution in [3.8, 4) is 0 Å². The molecule has 0 radical (unpaired) electrons. The molecule has 0 aliphatic carbocycles. The molecule has 0 bridgehead atoms. The molecular weight excluding hydrogens is 285 g/mol. The number of likely N-dealkylation sites (tertiary alicyclic amines) is 1. The molecule has 1 aromatic carbocycles. The van der Waals surface area contributed by atoms with E-state index >= 15 is 0 Å². The monoisotopic (exact) mass is 299 g/mol. The standard InChI is InChI=1S/C14H15ClFNO3/c1-8-4-5-17(12(6-8)14(19)20)13(18)10-3-2-9(15)7-11(10)16/h2-3,7-8,12H,4-6H2,1H3,(H,19,20). The fourth-order valence-corrected chi connectivity index (χ4v) is 2.60. The summed E-state index contributed by atoms with van der Waals surface area (Å²) in [5.74, 6) is -2.15. The largest absolute Gasteiger partial charge is 0.480 e. The average Bonchev–Trinajstić information content (AvgIpc) is 2.37. The highest BCUT2D eigenvalue weighted by atomic mass is 35.5.